The number of nitrogens with one attached hydrogen (secondary N) is 2. The summed E-state index contributed by atoms with van der Waals surface area (Å²) in [5, 5.41) is 6.62. The fourth-order valence-corrected chi connectivity index (χ4v) is 3.15. The highest BCUT2D eigenvalue weighted by Gasteiger charge is 2.29. The average molecular weight is 286 g/mol. The van der Waals surface area contributed by atoms with Crippen molar-refractivity contribution in [3.63, 3.8) is 0 Å². The zero-order valence-corrected chi connectivity index (χ0v) is 13.1. The molecule has 2 aliphatic rings. The van der Waals surface area contributed by atoms with Crippen LogP contribution in [0.5, 0.6) is 0 Å². The molecule has 0 heterocycles. The summed E-state index contributed by atoms with van der Waals surface area (Å²) in [5.41, 5.74) is 2.06. The quantitative estimate of drug-likeness (QED) is 0.867. The molecule has 3 heteroatoms. The fraction of sp³-hybridized carbons (Fsp3) is 0.611. The van der Waals surface area contributed by atoms with E-state index in [1.165, 1.54) is 19.3 Å². The first kappa shape index (κ1) is 14.4. The molecule has 0 spiro atoms. The Kier molecular flexibility index (Phi) is 4.18. The average Bonchev–Trinajstić information content (AvgIpc) is 3.30. The van der Waals surface area contributed by atoms with Crippen LogP contribution in [0.4, 0.5) is 11.4 Å². The van der Waals surface area contributed by atoms with E-state index in [1.54, 1.807) is 0 Å². The number of amides is 1. The van der Waals surface area contributed by atoms with Gasteiger partial charge in [0.1, 0.15) is 0 Å². The van der Waals surface area contributed by atoms with Crippen molar-refractivity contribution in [2.24, 2.45) is 17.8 Å². The second-order valence-electron chi connectivity index (χ2n) is 6.95. The molecule has 1 aromatic carbocycles. The van der Waals surface area contributed by atoms with E-state index >= 15 is 0 Å². The summed E-state index contributed by atoms with van der Waals surface area (Å²) in [7, 11) is 0. The molecule has 21 heavy (non-hydrogen) atoms. The number of carbonyl (C=O) groups is 1. The Morgan fingerprint density at radius 1 is 0.952 bits per heavy atom. The number of anilines is 2. The van der Waals surface area contributed by atoms with E-state index in [2.05, 4.69) is 36.6 Å². The maximum absolute atomic E-state index is 11.7. The third-order valence-corrected chi connectivity index (χ3v) is 5.07. The molecule has 0 bridgehead atoms. The zero-order chi connectivity index (χ0) is 14.8. The molecule has 3 unspecified atom stereocenters. The molecule has 0 aromatic heterocycles. The normalized spacial score (nSPS) is 29.0. The molecule has 3 rings (SSSR count). The first-order valence-electron chi connectivity index (χ1n) is 8.29. The molecule has 2 N–H and O–H groups in total. The van der Waals surface area contributed by atoms with Crippen LogP contribution in [0.2, 0.25) is 0 Å². The Balaban J connectivity index is 1.53. The fourth-order valence-electron chi connectivity index (χ4n) is 3.15. The van der Waals surface area contributed by atoms with Crippen molar-refractivity contribution >= 4 is 17.3 Å². The lowest BCUT2D eigenvalue weighted by atomic mass is 9.79. The van der Waals surface area contributed by atoms with Gasteiger partial charge in [-0.2, -0.15) is 0 Å². The van der Waals surface area contributed by atoms with Gasteiger partial charge in [-0.1, -0.05) is 13.8 Å². The van der Waals surface area contributed by atoms with Crippen LogP contribution in [0.3, 0.4) is 0 Å². The van der Waals surface area contributed by atoms with Crippen LogP contribution in [-0.4, -0.2) is 11.9 Å². The van der Waals surface area contributed by atoms with Crippen molar-refractivity contribution in [1.82, 2.24) is 0 Å². The van der Waals surface area contributed by atoms with E-state index in [0.29, 0.717) is 6.04 Å². The first-order chi connectivity index (χ1) is 10.1. The van der Waals surface area contributed by atoms with Gasteiger partial charge in [-0.25, -0.2) is 0 Å². The third-order valence-electron chi connectivity index (χ3n) is 5.07. The molecular weight excluding hydrogens is 260 g/mol. The van der Waals surface area contributed by atoms with Crippen molar-refractivity contribution in [2.45, 2.75) is 52.0 Å². The van der Waals surface area contributed by atoms with Crippen LogP contribution in [0.25, 0.3) is 0 Å². The van der Waals surface area contributed by atoms with Gasteiger partial charge < -0.3 is 10.6 Å². The largest absolute Gasteiger partial charge is 0.382 e. The van der Waals surface area contributed by atoms with Crippen molar-refractivity contribution in [1.29, 1.82) is 0 Å². The summed E-state index contributed by atoms with van der Waals surface area (Å²) >= 11 is 0. The first-order valence-corrected chi connectivity index (χ1v) is 8.29. The Bertz CT molecular complexity index is 492. The monoisotopic (exact) mass is 286 g/mol. The van der Waals surface area contributed by atoms with E-state index in [9.17, 15) is 4.79 Å². The highest BCUT2D eigenvalue weighted by Crippen LogP contribution is 2.32. The summed E-state index contributed by atoms with van der Waals surface area (Å²) in [6.07, 6.45) is 5.91. The number of hydrogen-bond donors (Lipinski definition) is 2. The number of benzene rings is 1. The Morgan fingerprint density at radius 3 is 2.24 bits per heavy atom. The molecule has 3 atom stereocenters. The molecule has 1 amide bonds. The minimum absolute atomic E-state index is 0.172. The molecule has 0 saturated heterocycles. The number of rotatable bonds is 4. The summed E-state index contributed by atoms with van der Waals surface area (Å²) in [6.45, 7) is 4.72. The lowest BCUT2D eigenvalue weighted by Crippen LogP contribution is -2.30. The van der Waals surface area contributed by atoms with E-state index in [0.717, 1.165) is 36.1 Å². The van der Waals surface area contributed by atoms with Gasteiger partial charge in [0, 0.05) is 23.3 Å². The lowest BCUT2D eigenvalue weighted by molar-refractivity contribution is -0.117. The van der Waals surface area contributed by atoms with E-state index < -0.39 is 0 Å². The second kappa shape index (κ2) is 6.08. The molecule has 0 radical (unpaired) electrons. The standard InChI is InChI=1S/C18H26N2O/c1-12-3-6-17(11-13(12)2)19-15-7-9-16(10-8-15)20-18(21)14-4-5-14/h7-10,12-14,17,19H,3-6,11H2,1-2H3,(H,20,21). The van der Waals surface area contributed by atoms with Gasteiger partial charge in [0.15, 0.2) is 0 Å². The molecule has 2 aliphatic carbocycles. The summed E-state index contributed by atoms with van der Waals surface area (Å²) in [4.78, 5) is 11.7. The van der Waals surface area contributed by atoms with Gasteiger partial charge in [0.05, 0.1) is 0 Å². The van der Waals surface area contributed by atoms with Gasteiger partial charge in [0.25, 0.3) is 0 Å². The number of hydrogen-bond acceptors (Lipinski definition) is 2. The smallest absolute Gasteiger partial charge is 0.227 e. The highest BCUT2D eigenvalue weighted by molar-refractivity contribution is 5.94. The molecule has 1 aromatic rings. The minimum Gasteiger partial charge on any atom is -0.382 e. The van der Waals surface area contributed by atoms with Gasteiger partial charge >= 0.3 is 0 Å². The van der Waals surface area contributed by atoms with Crippen LogP contribution < -0.4 is 10.6 Å². The van der Waals surface area contributed by atoms with Crippen LogP contribution in [0.1, 0.15) is 46.0 Å². The second-order valence-corrected chi connectivity index (χ2v) is 6.95. The van der Waals surface area contributed by atoms with Gasteiger partial charge in [-0.05, 0) is 68.2 Å². The maximum Gasteiger partial charge on any atom is 0.227 e. The lowest BCUT2D eigenvalue weighted by Gasteiger charge is -2.33. The molecular formula is C18H26N2O. The molecule has 0 aliphatic heterocycles. The predicted molar refractivity (Wildman–Crippen MR) is 87.4 cm³/mol. The zero-order valence-electron chi connectivity index (χ0n) is 13.1. The molecule has 3 nitrogen and oxygen atoms in total. The predicted octanol–water partition coefficient (Wildman–Crippen LogP) is 4.27. The Hall–Kier alpha value is -1.51. The van der Waals surface area contributed by atoms with Gasteiger partial charge in [-0.15, -0.1) is 0 Å². The summed E-state index contributed by atoms with van der Waals surface area (Å²) in [6, 6.07) is 8.73. The van der Waals surface area contributed by atoms with Crippen molar-refractivity contribution < 1.29 is 4.79 Å². The molecule has 2 saturated carbocycles. The maximum atomic E-state index is 11.7. The minimum atomic E-state index is 0.172. The van der Waals surface area contributed by atoms with Crippen molar-refractivity contribution in [3.05, 3.63) is 24.3 Å². The van der Waals surface area contributed by atoms with Crippen LogP contribution in [0, 0.1) is 17.8 Å². The van der Waals surface area contributed by atoms with E-state index in [4.69, 9.17) is 0 Å². The topological polar surface area (TPSA) is 41.1 Å². The van der Waals surface area contributed by atoms with Crippen LogP contribution in [-0.2, 0) is 4.79 Å². The van der Waals surface area contributed by atoms with Gasteiger partial charge in [-0.3, -0.25) is 4.79 Å². The van der Waals surface area contributed by atoms with Crippen LogP contribution in [0.15, 0.2) is 24.3 Å². The van der Waals surface area contributed by atoms with Crippen molar-refractivity contribution in [3.8, 4) is 0 Å². The van der Waals surface area contributed by atoms with Gasteiger partial charge in [0.2, 0.25) is 5.91 Å². The molecule has 114 valence electrons. The third kappa shape index (κ3) is 3.78. The number of carbonyl (C=O) groups excluding carboxylic acids is 1. The summed E-state index contributed by atoms with van der Waals surface area (Å²) < 4.78 is 0. The SMILES string of the molecule is CC1CCC(Nc2ccc(NC(=O)C3CC3)cc2)CC1C. The Morgan fingerprint density at radius 2 is 1.62 bits per heavy atom. The molecule has 2 fully saturated rings. The van der Waals surface area contributed by atoms with E-state index in [-0.39, 0.29) is 11.8 Å². The Labute approximate surface area is 127 Å². The van der Waals surface area contributed by atoms with Crippen molar-refractivity contribution in [2.75, 3.05) is 10.6 Å². The summed E-state index contributed by atoms with van der Waals surface area (Å²) in [5.74, 6) is 2.08. The van der Waals surface area contributed by atoms with E-state index in [1.807, 2.05) is 12.1 Å². The van der Waals surface area contributed by atoms with Crippen LogP contribution >= 0.6 is 0 Å². The highest BCUT2D eigenvalue weighted by atomic mass is 16.2.